The lowest BCUT2D eigenvalue weighted by Gasteiger charge is -2.15. The number of nitrogens with two attached hydrogens (primary N) is 1. The van der Waals surface area contributed by atoms with Gasteiger partial charge in [0.05, 0.1) is 22.2 Å². The molecule has 2 amide bonds. The Morgan fingerprint density at radius 2 is 1.62 bits per heavy atom. The number of fused-ring (bicyclic) bond motifs is 4. The fourth-order valence-corrected chi connectivity index (χ4v) is 4.28. The zero-order valence-electron chi connectivity index (χ0n) is 17.7. The molecule has 2 aromatic heterocycles. The number of aromatic nitrogens is 3. The molecule has 0 atom stereocenters. The van der Waals surface area contributed by atoms with Gasteiger partial charge in [-0.05, 0) is 31.5 Å². The maximum Gasteiger partial charge on any atom is 0.261 e. The first-order chi connectivity index (χ1) is 15.6. The van der Waals surface area contributed by atoms with Crippen LogP contribution in [0.2, 0.25) is 0 Å². The van der Waals surface area contributed by atoms with E-state index in [1.165, 1.54) is 4.90 Å². The summed E-state index contributed by atoms with van der Waals surface area (Å²) in [5, 5.41) is 0.952. The number of rotatable bonds is 7. The van der Waals surface area contributed by atoms with Crippen molar-refractivity contribution < 1.29 is 14.3 Å². The summed E-state index contributed by atoms with van der Waals surface area (Å²) in [4.78, 5) is 35.9. The molecule has 0 spiro atoms. The molecule has 0 saturated carbocycles. The van der Waals surface area contributed by atoms with Gasteiger partial charge in [-0.1, -0.05) is 30.3 Å². The van der Waals surface area contributed by atoms with Crippen molar-refractivity contribution in [2.45, 2.75) is 26.5 Å². The molecule has 32 heavy (non-hydrogen) atoms. The van der Waals surface area contributed by atoms with Crippen LogP contribution in [-0.4, -0.2) is 44.4 Å². The van der Waals surface area contributed by atoms with E-state index in [2.05, 4.69) is 9.55 Å². The highest BCUT2D eigenvalue weighted by atomic mass is 16.5. The molecule has 8 heteroatoms. The Labute approximate surface area is 184 Å². The van der Waals surface area contributed by atoms with Gasteiger partial charge >= 0.3 is 0 Å². The van der Waals surface area contributed by atoms with Crippen LogP contribution in [-0.2, 0) is 17.9 Å². The maximum atomic E-state index is 12.7. The first-order valence-electron chi connectivity index (χ1n) is 10.7. The van der Waals surface area contributed by atoms with E-state index in [1.54, 1.807) is 24.3 Å². The summed E-state index contributed by atoms with van der Waals surface area (Å²) in [5.41, 5.74) is 9.48. The van der Waals surface area contributed by atoms with Crippen LogP contribution in [0.15, 0.2) is 48.5 Å². The highest BCUT2D eigenvalue weighted by Crippen LogP contribution is 2.29. The van der Waals surface area contributed by atoms with Crippen LogP contribution >= 0.6 is 0 Å². The minimum absolute atomic E-state index is 0.241. The number of benzene rings is 2. The summed E-state index contributed by atoms with van der Waals surface area (Å²) in [5.74, 6) is 0.633. The third-order valence-corrected chi connectivity index (χ3v) is 5.77. The molecule has 2 aromatic carbocycles. The summed E-state index contributed by atoms with van der Waals surface area (Å²) in [6.07, 6.45) is 0.576. The number of amides is 2. The molecule has 1 aliphatic rings. The summed E-state index contributed by atoms with van der Waals surface area (Å²) in [7, 11) is 0. The molecular weight excluding hydrogens is 406 g/mol. The average Bonchev–Trinajstić information content (AvgIpc) is 3.29. The third-order valence-electron chi connectivity index (χ3n) is 5.77. The van der Waals surface area contributed by atoms with Gasteiger partial charge in [-0.15, -0.1) is 0 Å². The molecular formula is C24H23N5O3. The molecule has 4 aromatic rings. The zero-order chi connectivity index (χ0) is 22.2. The first-order valence-corrected chi connectivity index (χ1v) is 10.7. The minimum Gasteiger partial charge on any atom is -0.382 e. The number of nitrogens with zero attached hydrogens (tertiary/aromatic N) is 4. The number of anilines is 1. The molecule has 0 radical (unpaired) electrons. The fraction of sp³-hybridized carbons (Fsp3) is 0.250. The predicted molar refractivity (Wildman–Crippen MR) is 121 cm³/mol. The third kappa shape index (κ3) is 3.20. The van der Waals surface area contributed by atoms with Gasteiger partial charge in [-0.25, -0.2) is 9.97 Å². The van der Waals surface area contributed by atoms with Gasteiger partial charge in [-0.2, -0.15) is 0 Å². The molecule has 0 unspecified atom stereocenters. The van der Waals surface area contributed by atoms with Crippen LogP contribution in [0, 0.1) is 0 Å². The first kappa shape index (κ1) is 20.1. The number of hydrogen-bond acceptors (Lipinski definition) is 6. The van der Waals surface area contributed by atoms with Crippen molar-refractivity contribution in [2.24, 2.45) is 0 Å². The number of hydrogen-bond donors (Lipinski definition) is 1. The Morgan fingerprint density at radius 3 is 2.34 bits per heavy atom. The summed E-state index contributed by atoms with van der Waals surface area (Å²) in [6.45, 7) is 3.71. The van der Waals surface area contributed by atoms with Gasteiger partial charge < -0.3 is 15.0 Å². The van der Waals surface area contributed by atoms with E-state index in [0.717, 1.165) is 22.2 Å². The van der Waals surface area contributed by atoms with Gasteiger partial charge in [0.15, 0.2) is 5.82 Å². The van der Waals surface area contributed by atoms with Crippen molar-refractivity contribution in [1.29, 1.82) is 0 Å². The van der Waals surface area contributed by atoms with E-state index in [9.17, 15) is 9.59 Å². The number of pyridine rings is 1. The Balaban J connectivity index is 1.47. The molecule has 162 valence electrons. The molecule has 0 bridgehead atoms. The van der Waals surface area contributed by atoms with E-state index >= 15 is 0 Å². The van der Waals surface area contributed by atoms with Crippen molar-refractivity contribution in [3.8, 4) is 0 Å². The van der Waals surface area contributed by atoms with Crippen molar-refractivity contribution in [2.75, 3.05) is 18.9 Å². The predicted octanol–water partition coefficient (Wildman–Crippen LogP) is 3.39. The second-order valence-electron chi connectivity index (χ2n) is 7.69. The van der Waals surface area contributed by atoms with Crippen LogP contribution in [0.25, 0.3) is 21.9 Å². The number of carbonyl (C=O) groups excluding carboxylic acids is 2. The standard InChI is InChI=1S/C24H23N5O3/c1-2-32-14-19-27-20-21(17-10-5-6-11-18(17)26-22(20)25)28(19)12-7-13-29-23(30)15-8-3-4-9-16(15)24(29)31/h3-6,8-11H,2,7,12-14H2,1H3,(H2,25,26). The van der Waals surface area contributed by atoms with Crippen LogP contribution in [0.1, 0.15) is 39.9 Å². The second kappa shape index (κ2) is 8.05. The van der Waals surface area contributed by atoms with Crippen molar-refractivity contribution in [1.82, 2.24) is 19.4 Å². The number of ether oxygens (including phenoxy) is 1. The molecule has 0 fully saturated rings. The number of para-hydroxylation sites is 1. The second-order valence-corrected chi connectivity index (χ2v) is 7.69. The quantitative estimate of drug-likeness (QED) is 0.452. The van der Waals surface area contributed by atoms with Gasteiger partial charge in [0, 0.05) is 25.1 Å². The molecule has 0 saturated heterocycles. The zero-order valence-corrected chi connectivity index (χ0v) is 17.7. The Bertz CT molecular complexity index is 1330. The van der Waals surface area contributed by atoms with Gasteiger partial charge in [0.25, 0.3) is 11.8 Å². The molecule has 2 N–H and O–H groups in total. The summed E-state index contributed by atoms with van der Waals surface area (Å²) in [6, 6.07) is 14.7. The lowest BCUT2D eigenvalue weighted by molar-refractivity contribution is 0.0650. The Morgan fingerprint density at radius 1 is 0.938 bits per heavy atom. The molecule has 5 rings (SSSR count). The molecule has 8 nitrogen and oxygen atoms in total. The smallest absolute Gasteiger partial charge is 0.261 e. The maximum absolute atomic E-state index is 12.7. The van der Waals surface area contributed by atoms with Crippen LogP contribution in [0.3, 0.4) is 0 Å². The monoisotopic (exact) mass is 429 g/mol. The average molecular weight is 429 g/mol. The number of aryl methyl sites for hydroxylation is 1. The van der Waals surface area contributed by atoms with Gasteiger partial charge in [-0.3, -0.25) is 14.5 Å². The number of imidazole rings is 1. The highest BCUT2D eigenvalue weighted by Gasteiger charge is 2.34. The van der Waals surface area contributed by atoms with Crippen LogP contribution in [0.5, 0.6) is 0 Å². The van der Waals surface area contributed by atoms with E-state index < -0.39 is 0 Å². The summed E-state index contributed by atoms with van der Waals surface area (Å²) >= 11 is 0. The topological polar surface area (TPSA) is 103 Å². The molecule has 3 heterocycles. The van der Waals surface area contributed by atoms with Crippen LogP contribution < -0.4 is 5.73 Å². The molecule has 0 aliphatic carbocycles. The number of imide groups is 1. The lowest BCUT2D eigenvalue weighted by atomic mass is 10.1. The van der Waals surface area contributed by atoms with Crippen molar-refractivity contribution in [3.05, 3.63) is 65.5 Å². The fourth-order valence-electron chi connectivity index (χ4n) is 4.28. The normalized spacial score (nSPS) is 13.5. The van der Waals surface area contributed by atoms with Crippen molar-refractivity contribution >= 4 is 39.6 Å². The van der Waals surface area contributed by atoms with Gasteiger partial charge in [0.2, 0.25) is 0 Å². The number of nitrogen functional groups attached to an aromatic ring is 1. The Kier molecular flexibility index (Phi) is 5.07. The van der Waals surface area contributed by atoms with E-state index in [-0.39, 0.29) is 11.8 Å². The lowest BCUT2D eigenvalue weighted by Crippen LogP contribution is -2.31. The minimum atomic E-state index is -0.241. The number of carbonyl (C=O) groups is 2. The van der Waals surface area contributed by atoms with E-state index in [4.69, 9.17) is 15.5 Å². The SMILES string of the molecule is CCOCc1nc2c(N)nc3ccccc3c2n1CCCN1C(=O)c2ccccc2C1=O. The van der Waals surface area contributed by atoms with E-state index in [0.29, 0.717) is 55.2 Å². The molecule has 1 aliphatic heterocycles. The Hall–Kier alpha value is -3.78. The highest BCUT2D eigenvalue weighted by molar-refractivity contribution is 6.21. The van der Waals surface area contributed by atoms with Crippen molar-refractivity contribution in [3.63, 3.8) is 0 Å². The van der Waals surface area contributed by atoms with E-state index in [1.807, 2.05) is 31.2 Å². The van der Waals surface area contributed by atoms with Crippen LogP contribution in [0.4, 0.5) is 5.82 Å². The largest absolute Gasteiger partial charge is 0.382 e. The summed E-state index contributed by atoms with van der Waals surface area (Å²) < 4.78 is 7.71. The van der Waals surface area contributed by atoms with Gasteiger partial charge in [0.1, 0.15) is 17.9 Å².